The Hall–Kier alpha value is -1.91. The fourth-order valence-electron chi connectivity index (χ4n) is 1.38. The van der Waals surface area contributed by atoms with E-state index < -0.39 is 6.09 Å². The van der Waals surface area contributed by atoms with Crippen molar-refractivity contribution in [3.05, 3.63) is 23.8 Å². The van der Waals surface area contributed by atoms with Crippen LogP contribution in [0.2, 0.25) is 0 Å². The van der Waals surface area contributed by atoms with E-state index in [9.17, 15) is 4.79 Å². The predicted octanol–water partition coefficient (Wildman–Crippen LogP) is 1.53. The molecule has 5 nitrogen and oxygen atoms in total. The lowest BCUT2D eigenvalue weighted by Crippen LogP contribution is -2.23. The summed E-state index contributed by atoms with van der Waals surface area (Å²) in [7, 11) is 1.52. The van der Waals surface area contributed by atoms with Gasteiger partial charge < -0.3 is 19.5 Å². The Labute approximate surface area is 86.8 Å². The lowest BCUT2D eigenvalue weighted by molar-refractivity contribution is 0.153. The smallest absolute Gasteiger partial charge is 0.407 e. The van der Waals surface area contributed by atoms with Crippen molar-refractivity contribution in [3.8, 4) is 11.5 Å². The van der Waals surface area contributed by atoms with Crippen LogP contribution in [0.4, 0.5) is 4.79 Å². The van der Waals surface area contributed by atoms with Crippen LogP contribution in [0.5, 0.6) is 11.5 Å². The average Bonchev–Trinajstić information content (AvgIpc) is 2.64. The lowest BCUT2D eigenvalue weighted by Gasteiger charge is -2.12. The highest BCUT2D eigenvalue weighted by molar-refractivity contribution is 5.64. The molecule has 1 N–H and O–H groups in total. The first-order valence-electron chi connectivity index (χ1n) is 4.49. The number of nitrogens with zero attached hydrogens (tertiary/aromatic N) is 1. The molecule has 0 saturated heterocycles. The Morgan fingerprint density at radius 3 is 2.93 bits per heavy atom. The third kappa shape index (κ3) is 1.96. The molecule has 15 heavy (non-hydrogen) atoms. The van der Waals surface area contributed by atoms with Gasteiger partial charge in [-0.25, -0.2) is 4.79 Å². The van der Waals surface area contributed by atoms with Crippen LogP contribution in [-0.4, -0.2) is 29.9 Å². The number of rotatable bonds is 2. The molecule has 0 aromatic heterocycles. The van der Waals surface area contributed by atoms with Crippen molar-refractivity contribution in [1.82, 2.24) is 4.90 Å². The molecule has 0 unspecified atom stereocenters. The highest BCUT2D eigenvalue weighted by Crippen LogP contribution is 2.32. The zero-order valence-corrected chi connectivity index (χ0v) is 8.27. The first-order valence-corrected chi connectivity index (χ1v) is 4.49. The summed E-state index contributed by atoms with van der Waals surface area (Å²) in [5, 5.41) is 8.71. The molecule has 1 heterocycles. The second-order valence-electron chi connectivity index (χ2n) is 3.33. The Kier molecular flexibility index (Phi) is 2.37. The summed E-state index contributed by atoms with van der Waals surface area (Å²) in [5.74, 6) is 1.38. The minimum Gasteiger partial charge on any atom is -0.465 e. The number of amides is 1. The first kappa shape index (κ1) is 9.64. The second-order valence-corrected chi connectivity index (χ2v) is 3.33. The van der Waals surface area contributed by atoms with Gasteiger partial charge in [0.05, 0.1) is 0 Å². The number of carbonyl (C=O) groups is 1. The van der Waals surface area contributed by atoms with E-state index in [1.54, 1.807) is 12.1 Å². The van der Waals surface area contributed by atoms with E-state index in [-0.39, 0.29) is 6.79 Å². The van der Waals surface area contributed by atoms with Crippen molar-refractivity contribution in [2.24, 2.45) is 0 Å². The third-order valence-electron chi connectivity index (χ3n) is 2.18. The van der Waals surface area contributed by atoms with E-state index >= 15 is 0 Å². The van der Waals surface area contributed by atoms with E-state index in [4.69, 9.17) is 14.6 Å². The van der Waals surface area contributed by atoms with Crippen molar-refractivity contribution < 1.29 is 19.4 Å². The van der Waals surface area contributed by atoms with Gasteiger partial charge in [0.1, 0.15) is 0 Å². The van der Waals surface area contributed by atoms with Crippen molar-refractivity contribution in [3.63, 3.8) is 0 Å². The minimum atomic E-state index is -0.951. The van der Waals surface area contributed by atoms with Crippen molar-refractivity contribution in [2.45, 2.75) is 6.54 Å². The number of fused-ring (bicyclic) bond motifs is 1. The van der Waals surface area contributed by atoms with Gasteiger partial charge in [0, 0.05) is 13.6 Å². The molecule has 1 aromatic rings. The number of hydrogen-bond donors (Lipinski definition) is 1. The van der Waals surface area contributed by atoms with Crippen molar-refractivity contribution >= 4 is 6.09 Å². The molecular weight excluding hydrogens is 198 g/mol. The van der Waals surface area contributed by atoms with Crippen LogP contribution in [0, 0.1) is 0 Å². The fraction of sp³-hybridized carbons (Fsp3) is 0.300. The van der Waals surface area contributed by atoms with Crippen LogP contribution < -0.4 is 9.47 Å². The second kappa shape index (κ2) is 3.68. The molecule has 0 fully saturated rings. The van der Waals surface area contributed by atoms with E-state index in [1.165, 1.54) is 11.9 Å². The van der Waals surface area contributed by atoms with Crippen LogP contribution in [0.25, 0.3) is 0 Å². The zero-order chi connectivity index (χ0) is 10.8. The van der Waals surface area contributed by atoms with Gasteiger partial charge in [-0.2, -0.15) is 0 Å². The van der Waals surface area contributed by atoms with Crippen LogP contribution in [0.1, 0.15) is 5.56 Å². The van der Waals surface area contributed by atoms with Gasteiger partial charge in [0.25, 0.3) is 0 Å². The van der Waals surface area contributed by atoms with Crippen LogP contribution in [0.3, 0.4) is 0 Å². The maximum Gasteiger partial charge on any atom is 0.407 e. The predicted molar refractivity (Wildman–Crippen MR) is 52.1 cm³/mol. The summed E-state index contributed by atoms with van der Waals surface area (Å²) >= 11 is 0. The van der Waals surface area contributed by atoms with Gasteiger partial charge in [0.2, 0.25) is 6.79 Å². The largest absolute Gasteiger partial charge is 0.465 e. The van der Waals surface area contributed by atoms with Crippen LogP contribution in [0.15, 0.2) is 18.2 Å². The molecule has 0 radical (unpaired) electrons. The van der Waals surface area contributed by atoms with Gasteiger partial charge in [-0.3, -0.25) is 0 Å². The number of carboxylic acid groups (broad SMARTS) is 1. The Balaban J connectivity index is 2.13. The molecule has 0 bridgehead atoms. The average molecular weight is 209 g/mol. The highest BCUT2D eigenvalue weighted by atomic mass is 16.7. The topological polar surface area (TPSA) is 59.0 Å². The number of hydrogen-bond acceptors (Lipinski definition) is 3. The van der Waals surface area contributed by atoms with Crippen molar-refractivity contribution in [2.75, 3.05) is 13.8 Å². The minimum absolute atomic E-state index is 0.230. The molecule has 5 heteroatoms. The summed E-state index contributed by atoms with van der Waals surface area (Å²) in [6.45, 7) is 0.569. The molecule has 1 aromatic carbocycles. The summed E-state index contributed by atoms with van der Waals surface area (Å²) in [6, 6.07) is 5.40. The van der Waals surface area contributed by atoms with Gasteiger partial charge in [-0.15, -0.1) is 0 Å². The molecule has 1 aliphatic heterocycles. The third-order valence-corrected chi connectivity index (χ3v) is 2.18. The molecule has 0 saturated carbocycles. The van der Waals surface area contributed by atoms with Crippen LogP contribution >= 0.6 is 0 Å². The normalized spacial score (nSPS) is 12.6. The molecule has 0 aliphatic carbocycles. The van der Waals surface area contributed by atoms with E-state index in [2.05, 4.69) is 0 Å². The Bertz CT molecular complexity index is 391. The maximum absolute atomic E-state index is 10.6. The van der Waals surface area contributed by atoms with Gasteiger partial charge in [0.15, 0.2) is 11.5 Å². The SMILES string of the molecule is CN(Cc1ccc2c(c1)OCO2)C(=O)O. The number of benzene rings is 1. The van der Waals surface area contributed by atoms with Crippen molar-refractivity contribution in [1.29, 1.82) is 0 Å². The molecular formula is C10H11NO4. The first-order chi connectivity index (χ1) is 7.16. The van der Waals surface area contributed by atoms with E-state index in [0.29, 0.717) is 18.0 Å². The fourth-order valence-corrected chi connectivity index (χ4v) is 1.38. The Morgan fingerprint density at radius 2 is 2.20 bits per heavy atom. The van der Waals surface area contributed by atoms with Gasteiger partial charge in [-0.05, 0) is 17.7 Å². The van der Waals surface area contributed by atoms with E-state index in [1.807, 2.05) is 6.07 Å². The van der Waals surface area contributed by atoms with Gasteiger partial charge >= 0.3 is 6.09 Å². The summed E-state index contributed by atoms with van der Waals surface area (Å²) < 4.78 is 10.3. The summed E-state index contributed by atoms with van der Waals surface area (Å²) in [4.78, 5) is 11.8. The molecule has 1 amide bonds. The summed E-state index contributed by atoms with van der Waals surface area (Å²) in [6.07, 6.45) is -0.951. The quantitative estimate of drug-likeness (QED) is 0.802. The summed E-state index contributed by atoms with van der Waals surface area (Å²) in [5.41, 5.74) is 0.879. The Morgan fingerprint density at radius 1 is 1.47 bits per heavy atom. The standard InChI is InChI=1S/C10H11NO4/c1-11(10(12)13)5-7-2-3-8-9(4-7)15-6-14-8/h2-4H,5-6H2,1H3,(H,12,13). The maximum atomic E-state index is 10.6. The van der Waals surface area contributed by atoms with E-state index in [0.717, 1.165) is 5.56 Å². The molecule has 0 spiro atoms. The monoisotopic (exact) mass is 209 g/mol. The number of ether oxygens (including phenoxy) is 2. The molecule has 2 rings (SSSR count). The zero-order valence-electron chi connectivity index (χ0n) is 8.27. The molecule has 0 atom stereocenters. The molecule has 80 valence electrons. The molecule has 1 aliphatic rings. The lowest BCUT2D eigenvalue weighted by atomic mass is 10.2. The highest BCUT2D eigenvalue weighted by Gasteiger charge is 2.14. The van der Waals surface area contributed by atoms with Gasteiger partial charge in [-0.1, -0.05) is 6.07 Å². The van der Waals surface area contributed by atoms with Crippen LogP contribution in [-0.2, 0) is 6.54 Å².